The van der Waals surface area contributed by atoms with Gasteiger partial charge in [0.2, 0.25) is 5.82 Å². The monoisotopic (exact) mass is 308 g/mol. The summed E-state index contributed by atoms with van der Waals surface area (Å²) in [4.78, 5) is 18.2. The molecule has 0 saturated carbocycles. The lowest BCUT2D eigenvalue weighted by molar-refractivity contribution is -0.385. The molecule has 0 saturated heterocycles. The Bertz CT molecular complexity index is 683. The van der Waals surface area contributed by atoms with Crippen LogP contribution in [0.4, 0.5) is 11.5 Å². The van der Waals surface area contributed by atoms with E-state index in [9.17, 15) is 10.1 Å². The number of hydrogen-bond acceptors (Lipinski definition) is 6. The third kappa shape index (κ3) is 3.03. The van der Waals surface area contributed by atoms with E-state index in [1.807, 2.05) is 13.8 Å². The minimum Gasteiger partial charge on any atom is -0.434 e. The van der Waals surface area contributed by atoms with Crippen molar-refractivity contribution >= 4 is 23.1 Å². The topological polar surface area (TPSA) is 90.2 Å². The number of ether oxygens (including phenoxy) is 1. The first-order valence-corrected chi connectivity index (χ1v) is 6.43. The van der Waals surface area contributed by atoms with Crippen LogP contribution in [0, 0.1) is 24.0 Å². The van der Waals surface area contributed by atoms with E-state index in [1.165, 1.54) is 13.4 Å². The van der Waals surface area contributed by atoms with Gasteiger partial charge in [-0.05, 0) is 37.1 Å². The maximum absolute atomic E-state index is 11.2. The largest absolute Gasteiger partial charge is 0.434 e. The van der Waals surface area contributed by atoms with Crippen molar-refractivity contribution in [3.63, 3.8) is 0 Å². The Kier molecular flexibility index (Phi) is 4.23. The Morgan fingerprint density at radius 3 is 2.43 bits per heavy atom. The lowest BCUT2D eigenvalue weighted by Gasteiger charge is -2.10. The lowest BCUT2D eigenvalue weighted by Crippen LogP contribution is -2.03. The molecule has 1 aromatic carbocycles. The average Bonchev–Trinajstić information content (AvgIpc) is 2.44. The van der Waals surface area contributed by atoms with Crippen LogP contribution in [0.5, 0.6) is 11.6 Å². The van der Waals surface area contributed by atoms with E-state index in [-0.39, 0.29) is 17.4 Å². The molecule has 8 heteroatoms. The predicted octanol–water partition coefficient (Wildman–Crippen LogP) is 3.49. The summed E-state index contributed by atoms with van der Waals surface area (Å²) in [6, 6.07) is 3.39. The number of aryl methyl sites for hydroxylation is 2. The number of halogens is 1. The summed E-state index contributed by atoms with van der Waals surface area (Å²) >= 11 is 6.08. The van der Waals surface area contributed by atoms with Crippen LogP contribution < -0.4 is 10.1 Å². The molecule has 1 heterocycles. The number of nitrogens with one attached hydrogen (secondary N) is 1. The van der Waals surface area contributed by atoms with Crippen molar-refractivity contribution in [1.29, 1.82) is 0 Å². The molecule has 0 aliphatic heterocycles. The first-order chi connectivity index (χ1) is 9.93. The van der Waals surface area contributed by atoms with Gasteiger partial charge in [-0.3, -0.25) is 10.1 Å². The molecule has 0 radical (unpaired) electrons. The summed E-state index contributed by atoms with van der Waals surface area (Å²) in [6.45, 7) is 3.66. The fraction of sp³-hybridized carbons (Fsp3) is 0.231. The molecule has 0 bridgehead atoms. The number of nitro groups is 1. The van der Waals surface area contributed by atoms with E-state index in [2.05, 4.69) is 15.3 Å². The average molecular weight is 309 g/mol. The molecule has 110 valence electrons. The highest BCUT2D eigenvalue weighted by molar-refractivity contribution is 6.32. The van der Waals surface area contributed by atoms with E-state index < -0.39 is 4.92 Å². The van der Waals surface area contributed by atoms with Gasteiger partial charge in [0.25, 0.3) is 0 Å². The number of hydrogen-bond donors (Lipinski definition) is 1. The molecule has 7 nitrogen and oxygen atoms in total. The molecule has 0 unspecified atom stereocenters. The third-order valence-corrected chi connectivity index (χ3v) is 3.43. The van der Waals surface area contributed by atoms with Crippen LogP contribution in [-0.2, 0) is 0 Å². The van der Waals surface area contributed by atoms with Gasteiger partial charge in [0.1, 0.15) is 12.1 Å². The van der Waals surface area contributed by atoms with Gasteiger partial charge >= 0.3 is 11.6 Å². The van der Waals surface area contributed by atoms with Crippen LogP contribution >= 0.6 is 11.6 Å². The molecule has 1 aromatic heterocycles. The van der Waals surface area contributed by atoms with Crippen LogP contribution in [0.25, 0.3) is 0 Å². The number of anilines is 1. The van der Waals surface area contributed by atoms with Gasteiger partial charge in [-0.1, -0.05) is 11.6 Å². The zero-order valence-electron chi connectivity index (χ0n) is 11.7. The second-order valence-electron chi connectivity index (χ2n) is 4.36. The second-order valence-corrected chi connectivity index (χ2v) is 4.73. The highest BCUT2D eigenvalue weighted by Gasteiger charge is 2.24. The first kappa shape index (κ1) is 15.0. The summed E-state index contributed by atoms with van der Waals surface area (Å²) in [5.74, 6) is 0.395. The number of aromatic nitrogens is 2. The van der Waals surface area contributed by atoms with Gasteiger partial charge in [0.05, 0.1) is 4.92 Å². The van der Waals surface area contributed by atoms with Crippen molar-refractivity contribution in [3.05, 3.63) is 44.7 Å². The van der Waals surface area contributed by atoms with Gasteiger partial charge in [-0.25, -0.2) is 4.98 Å². The van der Waals surface area contributed by atoms with Gasteiger partial charge in [0, 0.05) is 12.1 Å². The van der Waals surface area contributed by atoms with Gasteiger partial charge in [0.15, 0.2) is 0 Å². The Morgan fingerprint density at radius 2 is 1.90 bits per heavy atom. The zero-order valence-corrected chi connectivity index (χ0v) is 12.4. The van der Waals surface area contributed by atoms with E-state index in [4.69, 9.17) is 16.3 Å². The van der Waals surface area contributed by atoms with Crippen LogP contribution in [0.2, 0.25) is 5.02 Å². The van der Waals surface area contributed by atoms with E-state index in [0.717, 1.165) is 11.1 Å². The predicted molar refractivity (Wildman–Crippen MR) is 79.2 cm³/mol. The molecular weight excluding hydrogens is 296 g/mol. The van der Waals surface area contributed by atoms with Crippen molar-refractivity contribution in [2.45, 2.75) is 13.8 Å². The highest BCUT2D eigenvalue weighted by Crippen LogP contribution is 2.35. The second kappa shape index (κ2) is 5.92. The fourth-order valence-corrected chi connectivity index (χ4v) is 1.97. The summed E-state index contributed by atoms with van der Waals surface area (Å²) in [5, 5.41) is 14.4. The molecule has 2 aromatic rings. The third-order valence-electron chi connectivity index (χ3n) is 2.83. The Morgan fingerprint density at radius 1 is 1.29 bits per heavy atom. The molecule has 0 aliphatic carbocycles. The summed E-state index contributed by atoms with van der Waals surface area (Å²) in [6.07, 6.45) is 1.20. The van der Waals surface area contributed by atoms with E-state index in [0.29, 0.717) is 10.8 Å². The standard InChI is InChI=1S/C13H13ClN4O3/c1-7-4-9(5-8(2)10(7)14)21-13-11(18(19)20)12(15-3)16-6-17-13/h4-6H,1-3H3,(H,15,16,17). The van der Waals surface area contributed by atoms with Gasteiger partial charge < -0.3 is 10.1 Å². The molecule has 0 amide bonds. The molecule has 2 rings (SSSR count). The summed E-state index contributed by atoms with van der Waals surface area (Å²) in [7, 11) is 1.54. The molecule has 0 atom stereocenters. The first-order valence-electron chi connectivity index (χ1n) is 6.05. The van der Waals surface area contributed by atoms with E-state index >= 15 is 0 Å². The smallest absolute Gasteiger partial charge is 0.373 e. The van der Waals surface area contributed by atoms with E-state index in [1.54, 1.807) is 12.1 Å². The SMILES string of the molecule is CNc1ncnc(Oc2cc(C)c(Cl)c(C)c2)c1[N+](=O)[O-]. The quantitative estimate of drug-likeness (QED) is 0.687. The molecule has 0 aliphatic rings. The zero-order chi connectivity index (χ0) is 15.6. The molecule has 21 heavy (non-hydrogen) atoms. The molecule has 1 N–H and O–H groups in total. The van der Waals surface area contributed by atoms with Crippen molar-refractivity contribution in [2.75, 3.05) is 12.4 Å². The van der Waals surface area contributed by atoms with Crippen molar-refractivity contribution < 1.29 is 9.66 Å². The minimum atomic E-state index is -0.587. The number of rotatable bonds is 4. The summed E-state index contributed by atoms with van der Waals surface area (Å²) < 4.78 is 5.54. The number of nitrogens with zero attached hydrogens (tertiary/aromatic N) is 3. The highest BCUT2D eigenvalue weighted by atomic mass is 35.5. The Hall–Kier alpha value is -2.41. The summed E-state index contributed by atoms with van der Waals surface area (Å²) in [5.41, 5.74) is 1.32. The Balaban J connectivity index is 2.47. The Labute approximate surface area is 126 Å². The van der Waals surface area contributed by atoms with Crippen molar-refractivity contribution in [2.24, 2.45) is 0 Å². The van der Waals surface area contributed by atoms with Crippen molar-refractivity contribution in [1.82, 2.24) is 9.97 Å². The van der Waals surface area contributed by atoms with Crippen molar-refractivity contribution in [3.8, 4) is 11.6 Å². The lowest BCUT2D eigenvalue weighted by atomic mass is 10.1. The van der Waals surface area contributed by atoms with Crippen LogP contribution in [0.15, 0.2) is 18.5 Å². The van der Waals surface area contributed by atoms with Crippen LogP contribution in [0.1, 0.15) is 11.1 Å². The molecular formula is C13H13ClN4O3. The number of benzene rings is 1. The molecule has 0 fully saturated rings. The fourth-order valence-electron chi connectivity index (χ4n) is 1.86. The van der Waals surface area contributed by atoms with Crippen LogP contribution in [-0.4, -0.2) is 21.9 Å². The maximum Gasteiger partial charge on any atom is 0.373 e. The minimum absolute atomic E-state index is 0.0902. The normalized spacial score (nSPS) is 10.3. The van der Waals surface area contributed by atoms with Gasteiger partial charge in [-0.2, -0.15) is 4.98 Å². The van der Waals surface area contributed by atoms with Gasteiger partial charge in [-0.15, -0.1) is 0 Å². The molecule has 0 spiro atoms. The maximum atomic E-state index is 11.2. The van der Waals surface area contributed by atoms with Crippen LogP contribution in [0.3, 0.4) is 0 Å².